The molecule has 0 aliphatic carbocycles. The molecular weight excluding hydrogens is 206 g/mol. The van der Waals surface area contributed by atoms with Crippen LogP contribution in [0.5, 0.6) is 0 Å². The zero-order chi connectivity index (χ0) is 11.7. The van der Waals surface area contributed by atoms with E-state index in [0.717, 1.165) is 6.54 Å². The fourth-order valence-corrected chi connectivity index (χ4v) is 1.66. The molecule has 0 saturated carbocycles. The minimum atomic E-state index is -1.01. The van der Waals surface area contributed by atoms with Crippen LogP contribution in [0.4, 0.5) is 5.69 Å². The van der Waals surface area contributed by atoms with Crippen molar-refractivity contribution in [2.24, 2.45) is 0 Å². The van der Waals surface area contributed by atoms with Gasteiger partial charge in [-0.3, -0.25) is 5.01 Å². The summed E-state index contributed by atoms with van der Waals surface area (Å²) in [6, 6.07) is 3.58. The van der Waals surface area contributed by atoms with Crippen molar-refractivity contribution in [2.75, 3.05) is 18.6 Å². The summed E-state index contributed by atoms with van der Waals surface area (Å²) in [4.78, 5) is 15.2. The first-order chi connectivity index (χ1) is 7.59. The molecule has 0 spiro atoms. The second-order valence-corrected chi connectivity index (χ2v) is 3.70. The Balaban J connectivity index is 2.47. The van der Waals surface area contributed by atoms with E-state index in [2.05, 4.69) is 4.98 Å². The molecule has 5 heteroatoms. The molecule has 1 aromatic rings. The number of aryl methyl sites for hydroxylation is 1. The molecule has 2 rings (SSSR count). The lowest BCUT2D eigenvalue weighted by Crippen LogP contribution is -2.32. The van der Waals surface area contributed by atoms with Crippen molar-refractivity contribution in [3.05, 3.63) is 35.8 Å². The number of hydrogen-bond donors (Lipinski definition) is 1. The van der Waals surface area contributed by atoms with Crippen molar-refractivity contribution in [1.82, 2.24) is 9.99 Å². The van der Waals surface area contributed by atoms with Gasteiger partial charge in [0.05, 0.1) is 5.69 Å². The molecule has 1 N–H and O–H groups in total. The maximum atomic E-state index is 11.1. The summed E-state index contributed by atoms with van der Waals surface area (Å²) < 4.78 is 0. The average Bonchev–Trinajstić information content (AvgIpc) is 2.64. The Morgan fingerprint density at radius 1 is 1.50 bits per heavy atom. The Labute approximate surface area is 93.6 Å². The largest absolute Gasteiger partial charge is 0.476 e. The standard InChI is InChI=1S/C11H13N3O2/c1-8-4-5-9(10(12-8)11(15)16)14-7-3-6-13(14)2/h3-5,7H,6H2,1-2H3,(H,15,16). The van der Waals surface area contributed by atoms with E-state index in [1.807, 2.05) is 30.4 Å². The topological polar surface area (TPSA) is 56.7 Å². The molecule has 0 aromatic carbocycles. The number of hydrogen-bond acceptors (Lipinski definition) is 4. The number of pyridine rings is 1. The van der Waals surface area contributed by atoms with Crippen LogP contribution in [-0.2, 0) is 0 Å². The molecule has 16 heavy (non-hydrogen) atoms. The van der Waals surface area contributed by atoms with Gasteiger partial charge in [-0.2, -0.15) is 0 Å². The monoisotopic (exact) mass is 219 g/mol. The van der Waals surface area contributed by atoms with Crippen LogP contribution in [0.25, 0.3) is 0 Å². The number of anilines is 1. The molecule has 0 amide bonds. The van der Waals surface area contributed by atoms with Crippen LogP contribution >= 0.6 is 0 Å². The summed E-state index contributed by atoms with van der Waals surface area (Å²) in [6.07, 6.45) is 3.81. The molecule has 1 aliphatic rings. The van der Waals surface area contributed by atoms with E-state index in [9.17, 15) is 4.79 Å². The maximum absolute atomic E-state index is 11.1. The molecule has 5 nitrogen and oxygen atoms in total. The van der Waals surface area contributed by atoms with E-state index in [-0.39, 0.29) is 5.69 Å². The zero-order valence-electron chi connectivity index (χ0n) is 9.21. The molecule has 1 aromatic heterocycles. The highest BCUT2D eigenvalue weighted by atomic mass is 16.4. The number of hydrazine groups is 1. The van der Waals surface area contributed by atoms with Crippen molar-refractivity contribution < 1.29 is 9.90 Å². The van der Waals surface area contributed by atoms with Gasteiger partial charge < -0.3 is 5.11 Å². The fraction of sp³-hybridized carbons (Fsp3) is 0.273. The van der Waals surface area contributed by atoms with Gasteiger partial charge in [-0.25, -0.2) is 14.8 Å². The Hall–Kier alpha value is -1.88. The van der Waals surface area contributed by atoms with Gasteiger partial charge in [0.25, 0.3) is 0 Å². The number of aromatic carboxylic acids is 1. The molecular formula is C11H13N3O2. The van der Waals surface area contributed by atoms with E-state index >= 15 is 0 Å². The van der Waals surface area contributed by atoms with Gasteiger partial charge in [-0.1, -0.05) is 6.08 Å². The maximum Gasteiger partial charge on any atom is 0.356 e. The Morgan fingerprint density at radius 3 is 2.81 bits per heavy atom. The third-order valence-corrected chi connectivity index (χ3v) is 2.45. The quantitative estimate of drug-likeness (QED) is 0.811. The van der Waals surface area contributed by atoms with E-state index in [4.69, 9.17) is 5.11 Å². The van der Waals surface area contributed by atoms with Crippen molar-refractivity contribution in [3.8, 4) is 0 Å². The first-order valence-corrected chi connectivity index (χ1v) is 4.97. The predicted molar refractivity (Wildman–Crippen MR) is 60.2 cm³/mol. The summed E-state index contributed by atoms with van der Waals surface area (Å²) in [7, 11) is 1.89. The third-order valence-electron chi connectivity index (χ3n) is 2.45. The van der Waals surface area contributed by atoms with Crippen molar-refractivity contribution in [3.63, 3.8) is 0 Å². The highest BCUT2D eigenvalue weighted by Crippen LogP contribution is 2.23. The number of likely N-dealkylation sites (N-methyl/N-ethyl adjacent to an activating group) is 1. The van der Waals surface area contributed by atoms with Crippen molar-refractivity contribution in [1.29, 1.82) is 0 Å². The number of carboxylic acids is 1. The van der Waals surface area contributed by atoms with Gasteiger partial charge in [0.15, 0.2) is 5.69 Å². The first-order valence-electron chi connectivity index (χ1n) is 4.97. The number of nitrogens with zero attached hydrogens (tertiary/aromatic N) is 3. The summed E-state index contributed by atoms with van der Waals surface area (Å²) in [5, 5.41) is 12.8. The van der Waals surface area contributed by atoms with E-state index < -0.39 is 5.97 Å². The van der Waals surface area contributed by atoms with Gasteiger partial charge in [-0.05, 0) is 19.1 Å². The number of aromatic nitrogens is 1. The third kappa shape index (κ3) is 1.77. The highest BCUT2D eigenvalue weighted by molar-refractivity contribution is 5.92. The van der Waals surface area contributed by atoms with Crippen molar-refractivity contribution in [2.45, 2.75) is 6.92 Å². The minimum absolute atomic E-state index is 0.0819. The molecule has 1 aliphatic heterocycles. The molecule has 0 radical (unpaired) electrons. The lowest BCUT2D eigenvalue weighted by atomic mass is 10.2. The van der Waals surface area contributed by atoms with Crippen LogP contribution in [0, 0.1) is 6.92 Å². The second-order valence-electron chi connectivity index (χ2n) is 3.70. The first kappa shape index (κ1) is 10.6. The Bertz CT molecular complexity index is 457. The van der Waals surface area contributed by atoms with Gasteiger partial charge >= 0.3 is 5.97 Å². The highest BCUT2D eigenvalue weighted by Gasteiger charge is 2.21. The Kier molecular flexibility index (Phi) is 2.62. The molecule has 0 atom stereocenters. The lowest BCUT2D eigenvalue weighted by Gasteiger charge is -2.25. The van der Waals surface area contributed by atoms with Crippen LogP contribution in [-0.4, -0.2) is 34.7 Å². The van der Waals surface area contributed by atoms with Gasteiger partial charge in [0, 0.05) is 25.5 Å². The average molecular weight is 219 g/mol. The van der Waals surface area contributed by atoms with Gasteiger partial charge in [-0.15, -0.1) is 0 Å². The smallest absolute Gasteiger partial charge is 0.356 e. The predicted octanol–water partition coefficient (Wildman–Crippen LogP) is 1.27. The molecule has 84 valence electrons. The van der Waals surface area contributed by atoms with Crippen LogP contribution in [0.2, 0.25) is 0 Å². The van der Waals surface area contributed by atoms with Crippen LogP contribution in [0.15, 0.2) is 24.4 Å². The Morgan fingerprint density at radius 2 is 2.25 bits per heavy atom. The van der Waals surface area contributed by atoms with E-state index in [1.165, 1.54) is 0 Å². The number of carboxylic acid groups (broad SMARTS) is 1. The summed E-state index contributed by atoms with van der Waals surface area (Å²) in [5.74, 6) is -1.01. The van der Waals surface area contributed by atoms with E-state index in [0.29, 0.717) is 11.4 Å². The molecule has 0 bridgehead atoms. The summed E-state index contributed by atoms with van der Waals surface area (Å²) in [5.41, 5.74) is 1.37. The lowest BCUT2D eigenvalue weighted by molar-refractivity contribution is 0.0690. The normalized spacial score (nSPS) is 15.8. The minimum Gasteiger partial charge on any atom is -0.476 e. The summed E-state index contributed by atoms with van der Waals surface area (Å²) >= 11 is 0. The van der Waals surface area contributed by atoms with Crippen LogP contribution in [0.3, 0.4) is 0 Å². The van der Waals surface area contributed by atoms with Gasteiger partial charge in [0.2, 0.25) is 0 Å². The summed E-state index contributed by atoms with van der Waals surface area (Å²) in [6.45, 7) is 2.55. The van der Waals surface area contributed by atoms with Gasteiger partial charge in [0.1, 0.15) is 0 Å². The van der Waals surface area contributed by atoms with Crippen LogP contribution in [0.1, 0.15) is 16.2 Å². The second kappa shape index (κ2) is 3.94. The number of rotatable bonds is 2. The molecule has 0 fully saturated rings. The fourth-order valence-electron chi connectivity index (χ4n) is 1.66. The number of carbonyl (C=O) groups is 1. The SMILES string of the molecule is Cc1ccc(N2C=CCN2C)c(C(=O)O)n1. The van der Waals surface area contributed by atoms with Crippen LogP contribution < -0.4 is 5.01 Å². The van der Waals surface area contributed by atoms with Crippen molar-refractivity contribution >= 4 is 11.7 Å². The van der Waals surface area contributed by atoms with E-state index in [1.54, 1.807) is 18.0 Å². The molecule has 0 saturated heterocycles. The zero-order valence-corrected chi connectivity index (χ0v) is 9.21. The molecule has 2 heterocycles. The molecule has 0 unspecified atom stereocenters.